The SMILES string of the molecule is CC1(C)SC2C(NC(=O)C(NC(=O)N3CCNC3=O)c3ccccc3)C(=O)N2C1C(=O)O.[Na+]. The van der Waals surface area contributed by atoms with Crippen LogP contribution in [0.15, 0.2) is 30.3 Å². The standard InChI is InChI=1S/C20H23N5O6S.Na/c1-20(2)13(17(28)29)25-15(27)12(16(25)32-20)22-14(26)11(10-6-4-3-5-7-10)23-19(31)24-9-8-21-18(24)30;/h3-7,11-13,16H,8-9H2,1-2H3,(H,21,30)(H,22,26)(H,23,31)(H,28,29);/q;+1. The second-order valence-corrected chi connectivity index (χ2v) is 10.0. The van der Waals surface area contributed by atoms with Gasteiger partial charge in [0.1, 0.15) is 23.5 Å². The zero-order valence-corrected chi connectivity index (χ0v) is 21.2. The van der Waals surface area contributed by atoms with Crippen molar-refractivity contribution in [2.75, 3.05) is 13.1 Å². The van der Waals surface area contributed by atoms with E-state index in [1.54, 1.807) is 44.2 Å². The third kappa shape index (κ3) is 4.57. The largest absolute Gasteiger partial charge is 1.00 e. The van der Waals surface area contributed by atoms with Crippen molar-refractivity contribution in [3.05, 3.63) is 35.9 Å². The number of hydrogen-bond acceptors (Lipinski definition) is 6. The summed E-state index contributed by atoms with van der Waals surface area (Å²) < 4.78 is -0.720. The van der Waals surface area contributed by atoms with Crippen LogP contribution < -0.4 is 45.5 Å². The van der Waals surface area contributed by atoms with Gasteiger partial charge in [-0.15, -0.1) is 11.8 Å². The molecule has 3 fully saturated rings. The van der Waals surface area contributed by atoms with Crippen molar-refractivity contribution in [1.82, 2.24) is 25.8 Å². The van der Waals surface area contributed by atoms with Crippen molar-refractivity contribution < 1.29 is 58.6 Å². The molecule has 4 rings (SSSR count). The summed E-state index contributed by atoms with van der Waals surface area (Å²) in [6, 6.07) is 4.14. The minimum Gasteiger partial charge on any atom is -0.480 e. The molecule has 3 aliphatic rings. The van der Waals surface area contributed by atoms with E-state index in [2.05, 4.69) is 16.0 Å². The number of hydrogen-bond donors (Lipinski definition) is 4. The maximum absolute atomic E-state index is 13.1. The second-order valence-electron chi connectivity index (χ2n) is 8.26. The Hall–Kier alpha value is -2.28. The quantitative estimate of drug-likeness (QED) is 0.259. The number of amides is 6. The summed E-state index contributed by atoms with van der Waals surface area (Å²) in [5.74, 6) is -2.20. The van der Waals surface area contributed by atoms with Gasteiger partial charge < -0.3 is 26.0 Å². The molecule has 3 heterocycles. The van der Waals surface area contributed by atoms with Crippen LogP contribution >= 0.6 is 11.8 Å². The molecule has 170 valence electrons. The molecule has 3 saturated heterocycles. The number of urea groups is 2. The van der Waals surface area contributed by atoms with Crippen LogP contribution in [0.25, 0.3) is 0 Å². The van der Waals surface area contributed by atoms with Gasteiger partial charge in [0.25, 0.3) is 0 Å². The molecule has 11 nitrogen and oxygen atoms in total. The van der Waals surface area contributed by atoms with Gasteiger partial charge in [-0.05, 0) is 19.4 Å². The first-order chi connectivity index (χ1) is 15.1. The van der Waals surface area contributed by atoms with E-state index >= 15 is 0 Å². The van der Waals surface area contributed by atoms with Gasteiger partial charge >= 0.3 is 47.6 Å². The number of nitrogens with one attached hydrogen (secondary N) is 3. The van der Waals surface area contributed by atoms with Crippen molar-refractivity contribution in [3.63, 3.8) is 0 Å². The summed E-state index contributed by atoms with van der Waals surface area (Å²) in [6.45, 7) is 3.98. The summed E-state index contributed by atoms with van der Waals surface area (Å²) in [5.41, 5.74) is 0.476. The zero-order chi connectivity index (χ0) is 23.2. The smallest absolute Gasteiger partial charge is 0.480 e. The maximum Gasteiger partial charge on any atom is 1.00 e. The minimum absolute atomic E-state index is 0. The topological polar surface area (TPSA) is 148 Å². The Kier molecular flexibility index (Phi) is 7.32. The third-order valence-corrected chi connectivity index (χ3v) is 7.31. The Morgan fingerprint density at radius 3 is 2.45 bits per heavy atom. The fourth-order valence-corrected chi connectivity index (χ4v) is 5.82. The van der Waals surface area contributed by atoms with Crippen LogP contribution in [0.5, 0.6) is 0 Å². The number of rotatable bonds is 5. The molecule has 6 amide bonds. The van der Waals surface area contributed by atoms with Crippen molar-refractivity contribution in [3.8, 4) is 0 Å². The molecule has 0 radical (unpaired) electrons. The van der Waals surface area contributed by atoms with E-state index < -0.39 is 58.1 Å². The van der Waals surface area contributed by atoms with Crippen molar-refractivity contribution in [2.24, 2.45) is 0 Å². The van der Waals surface area contributed by atoms with E-state index in [4.69, 9.17) is 0 Å². The minimum atomic E-state index is -1.14. The number of carboxylic acid groups (broad SMARTS) is 1. The fraction of sp³-hybridized carbons (Fsp3) is 0.450. The first-order valence-electron chi connectivity index (χ1n) is 10.1. The van der Waals surface area contributed by atoms with Gasteiger partial charge in [0.2, 0.25) is 11.8 Å². The monoisotopic (exact) mass is 484 g/mol. The summed E-state index contributed by atoms with van der Waals surface area (Å²) in [4.78, 5) is 64.2. The Balaban J connectivity index is 0.00000306. The number of fused-ring (bicyclic) bond motifs is 1. The normalized spacial score (nSPS) is 25.8. The van der Waals surface area contributed by atoms with E-state index in [-0.39, 0.29) is 36.1 Å². The van der Waals surface area contributed by atoms with Gasteiger partial charge in [-0.2, -0.15) is 0 Å². The molecule has 4 atom stereocenters. The van der Waals surface area contributed by atoms with Crippen LogP contribution in [0.4, 0.5) is 9.59 Å². The molecule has 4 N–H and O–H groups in total. The second kappa shape index (κ2) is 9.53. The number of nitrogens with zero attached hydrogens (tertiary/aromatic N) is 2. The third-order valence-electron chi connectivity index (χ3n) is 5.74. The number of benzene rings is 1. The fourth-order valence-electron chi connectivity index (χ4n) is 4.19. The number of imide groups is 1. The van der Waals surface area contributed by atoms with E-state index in [9.17, 15) is 29.1 Å². The number of thioether (sulfide) groups is 1. The number of carbonyl (C=O) groups is 5. The molecule has 33 heavy (non-hydrogen) atoms. The van der Waals surface area contributed by atoms with Gasteiger partial charge in [-0.1, -0.05) is 30.3 Å². The predicted octanol–water partition coefficient (Wildman–Crippen LogP) is -2.90. The molecule has 1 aromatic rings. The van der Waals surface area contributed by atoms with E-state index in [0.717, 1.165) is 4.90 Å². The van der Waals surface area contributed by atoms with Crippen LogP contribution in [0.3, 0.4) is 0 Å². The predicted molar refractivity (Wildman–Crippen MR) is 113 cm³/mol. The van der Waals surface area contributed by atoms with Crippen molar-refractivity contribution in [1.29, 1.82) is 0 Å². The summed E-state index contributed by atoms with van der Waals surface area (Å²) in [5, 5.41) is 16.8. The van der Waals surface area contributed by atoms with Gasteiger partial charge in [0.15, 0.2) is 0 Å². The Bertz CT molecular complexity index is 992. The average molecular weight is 484 g/mol. The number of β-lactam (4-membered cyclic amide) rings is 1. The molecule has 13 heteroatoms. The van der Waals surface area contributed by atoms with Crippen LogP contribution in [-0.2, 0) is 14.4 Å². The molecule has 0 bridgehead atoms. The molecule has 3 aliphatic heterocycles. The first-order valence-corrected chi connectivity index (χ1v) is 10.9. The molecule has 1 aromatic carbocycles. The zero-order valence-electron chi connectivity index (χ0n) is 18.4. The first kappa shape index (κ1) is 25.3. The van der Waals surface area contributed by atoms with Gasteiger partial charge in [-0.25, -0.2) is 19.3 Å². The van der Waals surface area contributed by atoms with Crippen LogP contribution in [-0.4, -0.2) is 80.0 Å². The maximum atomic E-state index is 13.1. The van der Waals surface area contributed by atoms with Crippen molar-refractivity contribution >= 4 is 41.6 Å². The molecule has 0 aliphatic carbocycles. The molecular weight excluding hydrogens is 461 g/mol. The van der Waals surface area contributed by atoms with E-state index in [1.807, 2.05) is 0 Å². The number of carbonyl (C=O) groups excluding carboxylic acids is 4. The Morgan fingerprint density at radius 1 is 1.21 bits per heavy atom. The summed E-state index contributed by atoms with van der Waals surface area (Å²) >= 11 is 1.31. The average Bonchev–Trinajstić information content (AvgIpc) is 3.29. The summed E-state index contributed by atoms with van der Waals surface area (Å²) in [6.07, 6.45) is 0. The molecule has 4 unspecified atom stereocenters. The Morgan fingerprint density at radius 2 is 1.88 bits per heavy atom. The Labute approximate surface area is 216 Å². The molecule has 0 spiro atoms. The van der Waals surface area contributed by atoms with Gasteiger partial charge in [-0.3, -0.25) is 9.59 Å². The van der Waals surface area contributed by atoms with Crippen LogP contribution in [0.1, 0.15) is 25.5 Å². The number of aliphatic carboxylic acids is 1. The molecule has 0 saturated carbocycles. The summed E-state index contributed by atoms with van der Waals surface area (Å²) in [7, 11) is 0. The van der Waals surface area contributed by atoms with Gasteiger partial charge in [0, 0.05) is 17.8 Å². The van der Waals surface area contributed by atoms with Crippen LogP contribution in [0.2, 0.25) is 0 Å². The van der Waals surface area contributed by atoms with Crippen molar-refractivity contribution in [2.45, 2.75) is 42.1 Å². The molecular formula is C20H23N5NaO6S+. The number of carboxylic acids is 1. The van der Waals surface area contributed by atoms with E-state index in [0.29, 0.717) is 12.1 Å². The van der Waals surface area contributed by atoms with E-state index in [1.165, 1.54) is 16.7 Å². The molecule has 0 aromatic heterocycles. The van der Waals surface area contributed by atoms with Crippen LogP contribution in [0, 0.1) is 0 Å². The van der Waals surface area contributed by atoms with Gasteiger partial charge in [0.05, 0.1) is 0 Å².